The summed E-state index contributed by atoms with van der Waals surface area (Å²) in [6, 6.07) is 7.45. The molecule has 4 N–H and O–H groups in total. The lowest BCUT2D eigenvalue weighted by Gasteiger charge is -2.14. The van der Waals surface area contributed by atoms with Crippen LogP contribution >= 0.6 is 0 Å². The van der Waals surface area contributed by atoms with Crippen LogP contribution in [0.3, 0.4) is 0 Å². The summed E-state index contributed by atoms with van der Waals surface area (Å²) in [4.78, 5) is 22.8. The second-order valence-corrected chi connectivity index (χ2v) is 5.31. The Labute approximate surface area is 118 Å². The normalized spacial score (nSPS) is 21.6. The van der Waals surface area contributed by atoms with Gasteiger partial charge in [-0.1, -0.05) is 18.2 Å². The summed E-state index contributed by atoms with van der Waals surface area (Å²) < 4.78 is 0. The molecule has 0 bridgehead atoms. The summed E-state index contributed by atoms with van der Waals surface area (Å²) >= 11 is 0. The van der Waals surface area contributed by atoms with E-state index in [-0.39, 0.29) is 24.3 Å². The number of nitrogens with two attached hydrogens (primary N) is 1. The highest BCUT2D eigenvalue weighted by Gasteiger charge is 2.27. The number of carboxylic acids is 1. The molecule has 0 heterocycles. The van der Waals surface area contributed by atoms with Crippen LogP contribution in [-0.4, -0.2) is 23.0 Å². The fourth-order valence-electron chi connectivity index (χ4n) is 2.59. The Kier molecular flexibility index (Phi) is 4.74. The number of hydrogen-bond donors (Lipinski definition) is 3. The van der Waals surface area contributed by atoms with Crippen LogP contribution in [0.4, 0.5) is 5.69 Å². The quantitative estimate of drug-likeness (QED) is 0.764. The third-order valence-corrected chi connectivity index (χ3v) is 3.73. The fourth-order valence-corrected chi connectivity index (χ4v) is 2.59. The number of nitrogens with one attached hydrogen (secondary N) is 1. The van der Waals surface area contributed by atoms with Crippen molar-refractivity contribution in [2.24, 2.45) is 11.7 Å². The largest absolute Gasteiger partial charge is 0.481 e. The standard InChI is InChI=1S/C15H20N2O3/c16-12-7-5-11(9-12)15(20)17-13-4-2-1-3-10(13)6-8-14(18)19/h1-4,11-12H,5-9,16H2,(H,17,20)(H,18,19). The average Bonchev–Trinajstić information content (AvgIpc) is 2.84. The maximum Gasteiger partial charge on any atom is 0.303 e. The van der Waals surface area contributed by atoms with Crippen LogP contribution in [0.1, 0.15) is 31.2 Å². The van der Waals surface area contributed by atoms with Crippen LogP contribution in [0.2, 0.25) is 0 Å². The summed E-state index contributed by atoms with van der Waals surface area (Å²) in [5, 5.41) is 11.7. The minimum Gasteiger partial charge on any atom is -0.481 e. The highest BCUT2D eigenvalue weighted by Crippen LogP contribution is 2.26. The summed E-state index contributed by atoms with van der Waals surface area (Å²) in [6.45, 7) is 0. The van der Waals surface area contributed by atoms with Gasteiger partial charge in [-0.05, 0) is 37.3 Å². The number of rotatable bonds is 5. The Hall–Kier alpha value is -1.88. The van der Waals surface area contributed by atoms with Gasteiger partial charge in [0.1, 0.15) is 0 Å². The molecule has 1 aromatic rings. The maximum atomic E-state index is 12.2. The minimum atomic E-state index is -0.840. The molecule has 0 radical (unpaired) electrons. The number of aliphatic carboxylic acids is 1. The molecule has 1 fully saturated rings. The van der Waals surface area contributed by atoms with Crippen molar-refractivity contribution in [2.75, 3.05) is 5.32 Å². The van der Waals surface area contributed by atoms with Gasteiger partial charge in [-0.15, -0.1) is 0 Å². The molecule has 2 atom stereocenters. The van der Waals surface area contributed by atoms with E-state index < -0.39 is 5.97 Å². The lowest BCUT2D eigenvalue weighted by atomic mass is 10.0. The van der Waals surface area contributed by atoms with E-state index in [4.69, 9.17) is 10.8 Å². The first kappa shape index (κ1) is 14.5. The summed E-state index contributed by atoms with van der Waals surface area (Å²) in [5.74, 6) is -0.883. The molecule has 108 valence electrons. The van der Waals surface area contributed by atoms with Crippen molar-refractivity contribution in [2.45, 2.75) is 38.1 Å². The fraction of sp³-hybridized carbons (Fsp3) is 0.467. The average molecular weight is 276 g/mol. The molecule has 20 heavy (non-hydrogen) atoms. The number of aryl methyl sites for hydroxylation is 1. The first-order valence-electron chi connectivity index (χ1n) is 6.92. The number of carbonyl (C=O) groups is 2. The van der Waals surface area contributed by atoms with E-state index in [1.54, 1.807) is 0 Å². The van der Waals surface area contributed by atoms with Crippen LogP contribution in [-0.2, 0) is 16.0 Å². The third kappa shape index (κ3) is 3.81. The van der Waals surface area contributed by atoms with E-state index in [0.29, 0.717) is 12.1 Å². The van der Waals surface area contributed by atoms with Crippen LogP contribution in [0.25, 0.3) is 0 Å². The topological polar surface area (TPSA) is 92.4 Å². The molecular formula is C15H20N2O3. The Bertz CT molecular complexity index is 502. The molecule has 0 spiro atoms. The maximum absolute atomic E-state index is 12.2. The van der Waals surface area contributed by atoms with Crippen LogP contribution in [0, 0.1) is 5.92 Å². The summed E-state index contributed by atoms with van der Waals surface area (Å²) in [7, 11) is 0. The molecule has 5 nitrogen and oxygen atoms in total. The smallest absolute Gasteiger partial charge is 0.303 e. The number of carboxylic acid groups (broad SMARTS) is 1. The van der Waals surface area contributed by atoms with Crippen molar-refractivity contribution in [3.63, 3.8) is 0 Å². The Morgan fingerprint density at radius 2 is 2.05 bits per heavy atom. The first-order valence-corrected chi connectivity index (χ1v) is 6.92. The van der Waals surface area contributed by atoms with Gasteiger partial charge in [0.15, 0.2) is 0 Å². The molecule has 1 saturated carbocycles. The molecule has 1 aliphatic rings. The third-order valence-electron chi connectivity index (χ3n) is 3.73. The lowest BCUT2D eigenvalue weighted by Crippen LogP contribution is -2.23. The van der Waals surface area contributed by atoms with Gasteiger partial charge in [0.2, 0.25) is 5.91 Å². The van der Waals surface area contributed by atoms with Gasteiger partial charge in [-0.2, -0.15) is 0 Å². The number of carbonyl (C=O) groups excluding carboxylic acids is 1. The summed E-state index contributed by atoms with van der Waals surface area (Å²) in [6.07, 6.45) is 2.91. The molecule has 1 aliphatic carbocycles. The van der Waals surface area contributed by atoms with E-state index in [1.807, 2.05) is 24.3 Å². The zero-order valence-corrected chi connectivity index (χ0v) is 11.3. The zero-order chi connectivity index (χ0) is 14.5. The Balaban J connectivity index is 2.01. The van der Waals surface area contributed by atoms with Crippen LogP contribution in [0.15, 0.2) is 24.3 Å². The van der Waals surface area contributed by atoms with Crippen molar-refractivity contribution in [3.8, 4) is 0 Å². The van der Waals surface area contributed by atoms with Gasteiger partial charge in [-0.3, -0.25) is 9.59 Å². The molecule has 1 amide bonds. The molecule has 1 aromatic carbocycles. The molecule has 0 aliphatic heterocycles. The van der Waals surface area contributed by atoms with Crippen molar-refractivity contribution in [1.29, 1.82) is 0 Å². The van der Waals surface area contributed by atoms with Gasteiger partial charge in [0.05, 0.1) is 0 Å². The molecule has 0 saturated heterocycles. The van der Waals surface area contributed by atoms with E-state index in [0.717, 1.165) is 24.8 Å². The Morgan fingerprint density at radius 1 is 1.30 bits per heavy atom. The highest BCUT2D eigenvalue weighted by molar-refractivity contribution is 5.93. The molecular weight excluding hydrogens is 256 g/mol. The summed E-state index contributed by atoms with van der Waals surface area (Å²) in [5.41, 5.74) is 7.38. The van der Waals surface area contributed by atoms with E-state index in [1.165, 1.54) is 0 Å². The number of amides is 1. The predicted octanol–water partition coefficient (Wildman–Crippen LogP) is 1.77. The molecule has 5 heteroatoms. The molecule has 2 unspecified atom stereocenters. The molecule has 2 rings (SSSR count). The van der Waals surface area contributed by atoms with Crippen molar-refractivity contribution >= 4 is 17.6 Å². The predicted molar refractivity (Wildman–Crippen MR) is 76.3 cm³/mol. The monoisotopic (exact) mass is 276 g/mol. The SMILES string of the molecule is NC1CCC(C(=O)Nc2ccccc2CCC(=O)O)C1. The van der Waals surface area contributed by atoms with E-state index in [9.17, 15) is 9.59 Å². The van der Waals surface area contributed by atoms with Gasteiger partial charge < -0.3 is 16.2 Å². The molecule has 0 aromatic heterocycles. The number of benzene rings is 1. The second-order valence-electron chi connectivity index (χ2n) is 5.31. The zero-order valence-electron chi connectivity index (χ0n) is 11.3. The Morgan fingerprint density at radius 3 is 2.70 bits per heavy atom. The lowest BCUT2D eigenvalue weighted by molar-refractivity contribution is -0.137. The van der Waals surface area contributed by atoms with Crippen molar-refractivity contribution < 1.29 is 14.7 Å². The van der Waals surface area contributed by atoms with E-state index >= 15 is 0 Å². The van der Waals surface area contributed by atoms with E-state index in [2.05, 4.69) is 5.32 Å². The first-order chi connectivity index (χ1) is 9.56. The van der Waals surface area contributed by atoms with Crippen molar-refractivity contribution in [3.05, 3.63) is 29.8 Å². The van der Waals surface area contributed by atoms with Gasteiger partial charge >= 0.3 is 5.97 Å². The number of anilines is 1. The van der Waals surface area contributed by atoms with Gasteiger partial charge in [0, 0.05) is 24.1 Å². The van der Waals surface area contributed by atoms with Gasteiger partial charge in [-0.25, -0.2) is 0 Å². The van der Waals surface area contributed by atoms with Crippen LogP contribution < -0.4 is 11.1 Å². The second kappa shape index (κ2) is 6.52. The highest BCUT2D eigenvalue weighted by atomic mass is 16.4. The van der Waals surface area contributed by atoms with Gasteiger partial charge in [0.25, 0.3) is 0 Å². The minimum absolute atomic E-state index is 0.0132. The van der Waals surface area contributed by atoms with Crippen molar-refractivity contribution in [1.82, 2.24) is 0 Å². The van der Waals surface area contributed by atoms with Crippen LogP contribution in [0.5, 0.6) is 0 Å². The number of hydrogen-bond acceptors (Lipinski definition) is 3. The number of para-hydroxylation sites is 1.